The Kier molecular flexibility index (Phi) is 5.68. The summed E-state index contributed by atoms with van der Waals surface area (Å²) in [4.78, 5) is 24.4. The summed E-state index contributed by atoms with van der Waals surface area (Å²) in [6.45, 7) is 1.48. The van der Waals surface area contributed by atoms with Crippen LogP contribution in [0.15, 0.2) is 47.6 Å². The monoisotopic (exact) mass is 436 g/mol. The SMILES string of the molecule is O=C(NCc1cccc(F)c1)N1CCCC2(C1)Nc1cccnc1NC2=NC1CCCC1. The number of halogens is 1. The van der Waals surface area contributed by atoms with E-state index in [-0.39, 0.29) is 11.8 Å². The molecule has 32 heavy (non-hydrogen) atoms. The Balaban J connectivity index is 1.36. The summed E-state index contributed by atoms with van der Waals surface area (Å²) in [7, 11) is 0. The molecule has 7 nitrogen and oxygen atoms in total. The van der Waals surface area contributed by atoms with Crippen molar-refractivity contribution in [1.29, 1.82) is 0 Å². The molecule has 1 aromatic heterocycles. The number of likely N-dealkylation sites (tertiary alicyclic amines) is 1. The van der Waals surface area contributed by atoms with Crippen LogP contribution in [0.4, 0.5) is 20.7 Å². The van der Waals surface area contributed by atoms with Crippen molar-refractivity contribution in [3.8, 4) is 0 Å². The number of pyridine rings is 1. The molecule has 168 valence electrons. The minimum Gasteiger partial charge on any atom is -0.368 e. The van der Waals surface area contributed by atoms with E-state index in [1.807, 2.05) is 23.1 Å². The van der Waals surface area contributed by atoms with E-state index in [2.05, 4.69) is 20.9 Å². The van der Waals surface area contributed by atoms with Crippen LogP contribution < -0.4 is 16.0 Å². The Labute approximate surface area is 187 Å². The van der Waals surface area contributed by atoms with Gasteiger partial charge in [-0.15, -0.1) is 0 Å². The number of anilines is 2. The van der Waals surface area contributed by atoms with Crippen LogP contribution in [0.5, 0.6) is 0 Å². The number of hydrogen-bond acceptors (Lipinski definition) is 4. The molecule has 1 spiro atoms. The second kappa shape index (κ2) is 8.76. The molecule has 3 aliphatic rings. The Morgan fingerprint density at radius 3 is 2.97 bits per heavy atom. The number of hydrogen-bond donors (Lipinski definition) is 3. The molecule has 2 amide bonds. The smallest absolute Gasteiger partial charge is 0.317 e. The van der Waals surface area contributed by atoms with Crippen molar-refractivity contribution in [1.82, 2.24) is 15.2 Å². The maximum atomic E-state index is 13.5. The Hall–Kier alpha value is -3.16. The predicted molar refractivity (Wildman–Crippen MR) is 123 cm³/mol. The molecule has 2 aromatic rings. The molecule has 2 aliphatic heterocycles. The third kappa shape index (κ3) is 4.26. The van der Waals surface area contributed by atoms with Gasteiger partial charge in [0.25, 0.3) is 0 Å². The number of benzene rings is 1. The summed E-state index contributed by atoms with van der Waals surface area (Å²) >= 11 is 0. The number of carbonyl (C=O) groups excluding carboxylic acids is 1. The number of carbonyl (C=O) groups is 1. The zero-order chi connectivity index (χ0) is 22.0. The number of nitrogens with one attached hydrogen (secondary N) is 3. The fraction of sp³-hybridized carbons (Fsp3) is 0.458. The molecule has 1 atom stereocenters. The van der Waals surface area contributed by atoms with E-state index >= 15 is 0 Å². The average Bonchev–Trinajstić information content (AvgIpc) is 3.31. The standard InChI is InChI=1S/C24H29FN6O/c25-18-7-3-6-17(14-18)15-27-23(32)31-13-5-11-24(16-31)22(28-19-8-1-2-9-19)29-21-20(30-24)10-4-12-26-21/h3-4,6-7,10,12,14,19,30H,1-2,5,8-9,11,13,15-16H2,(H,27,32)(H,26,28,29). The van der Waals surface area contributed by atoms with E-state index in [4.69, 9.17) is 4.99 Å². The number of rotatable bonds is 3. The van der Waals surface area contributed by atoms with E-state index < -0.39 is 5.54 Å². The third-order valence-electron chi connectivity index (χ3n) is 6.62. The van der Waals surface area contributed by atoms with Crippen molar-refractivity contribution in [2.24, 2.45) is 4.99 Å². The van der Waals surface area contributed by atoms with Crippen LogP contribution in [0.1, 0.15) is 44.1 Å². The van der Waals surface area contributed by atoms with Crippen LogP contribution in [-0.2, 0) is 6.54 Å². The molecule has 1 saturated carbocycles. The Bertz CT molecular complexity index is 1020. The van der Waals surface area contributed by atoms with Crippen molar-refractivity contribution in [2.45, 2.75) is 56.7 Å². The van der Waals surface area contributed by atoms with Crippen molar-refractivity contribution in [3.05, 3.63) is 54.0 Å². The van der Waals surface area contributed by atoms with Gasteiger partial charge in [-0.3, -0.25) is 4.99 Å². The number of aromatic nitrogens is 1. The van der Waals surface area contributed by atoms with Crippen LogP contribution in [0.3, 0.4) is 0 Å². The van der Waals surface area contributed by atoms with Gasteiger partial charge in [0.1, 0.15) is 17.2 Å². The van der Waals surface area contributed by atoms with Gasteiger partial charge in [0.15, 0.2) is 5.82 Å². The normalized spacial score (nSPS) is 24.2. The van der Waals surface area contributed by atoms with Crippen LogP contribution in [0.2, 0.25) is 0 Å². The van der Waals surface area contributed by atoms with Crippen molar-refractivity contribution in [3.63, 3.8) is 0 Å². The highest BCUT2D eigenvalue weighted by Gasteiger charge is 2.45. The minimum atomic E-state index is -0.465. The van der Waals surface area contributed by atoms with Crippen LogP contribution in [0, 0.1) is 5.82 Å². The number of fused-ring (bicyclic) bond motifs is 1. The first-order valence-electron chi connectivity index (χ1n) is 11.5. The van der Waals surface area contributed by atoms with Gasteiger partial charge in [-0.05, 0) is 55.5 Å². The largest absolute Gasteiger partial charge is 0.368 e. The Morgan fingerprint density at radius 1 is 1.25 bits per heavy atom. The lowest BCUT2D eigenvalue weighted by atomic mass is 9.85. The third-order valence-corrected chi connectivity index (χ3v) is 6.62. The Morgan fingerprint density at radius 2 is 2.12 bits per heavy atom. The molecule has 3 N–H and O–H groups in total. The molecule has 2 fully saturated rings. The van der Waals surface area contributed by atoms with E-state index in [0.29, 0.717) is 25.7 Å². The zero-order valence-corrected chi connectivity index (χ0v) is 18.1. The van der Waals surface area contributed by atoms with Crippen LogP contribution in [-0.4, -0.2) is 46.4 Å². The van der Waals surface area contributed by atoms with Gasteiger partial charge in [0.2, 0.25) is 0 Å². The second-order valence-corrected chi connectivity index (χ2v) is 8.96. The first-order chi connectivity index (χ1) is 15.6. The van der Waals surface area contributed by atoms with Crippen molar-refractivity contribution in [2.75, 3.05) is 23.7 Å². The lowest BCUT2D eigenvalue weighted by molar-refractivity contribution is 0.173. The summed E-state index contributed by atoms with van der Waals surface area (Å²) in [5, 5.41) is 10.1. The summed E-state index contributed by atoms with van der Waals surface area (Å²) in [6, 6.07) is 10.4. The molecule has 1 aliphatic carbocycles. The lowest BCUT2D eigenvalue weighted by Gasteiger charge is -2.47. The van der Waals surface area contributed by atoms with Gasteiger partial charge >= 0.3 is 6.03 Å². The summed E-state index contributed by atoms with van der Waals surface area (Å²) in [6.07, 6.45) is 8.15. The van der Waals surface area contributed by atoms with E-state index in [1.165, 1.54) is 25.0 Å². The van der Waals surface area contributed by atoms with Crippen molar-refractivity contribution >= 4 is 23.4 Å². The predicted octanol–water partition coefficient (Wildman–Crippen LogP) is 4.14. The van der Waals surface area contributed by atoms with Crippen LogP contribution >= 0.6 is 0 Å². The van der Waals surface area contributed by atoms with Crippen molar-refractivity contribution < 1.29 is 9.18 Å². The number of piperidine rings is 1. The topological polar surface area (TPSA) is 81.7 Å². The molecular formula is C24H29FN6O. The van der Waals surface area contributed by atoms with E-state index in [9.17, 15) is 9.18 Å². The van der Waals surface area contributed by atoms with E-state index in [0.717, 1.165) is 48.6 Å². The van der Waals surface area contributed by atoms with Gasteiger partial charge in [0.05, 0.1) is 18.3 Å². The molecule has 0 bridgehead atoms. The molecular weight excluding hydrogens is 407 g/mol. The summed E-state index contributed by atoms with van der Waals surface area (Å²) in [5.41, 5.74) is 1.21. The number of urea groups is 1. The fourth-order valence-corrected chi connectivity index (χ4v) is 4.99. The van der Waals surface area contributed by atoms with Gasteiger partial charge < -0.3 is 20.9 Å². The molecule has 3 heterocycles. The summed E-state index contributed by atoms with van der Waals surface area (Å²) < 4.78 is 13.5. The fourth-order valence-electron chi connectivity index (χ4n) is 4.99. The highest BCUT2D eigenvalue weighted by molar-refractivity contribution is 6.09. The van der Waals surface area contributed by atoms with Gasteiger partial charge in [-0.2, -0.15) is 0 Å². The summed E-state index contributed by atoms with van der Waals surface area (Å²) in [5.74, 6) is 1.37. The zero-order valence-electron chi connectivity index (χ0n) is 18.1. The maximum Gasteiger partial charge on any atom is 0.317 e. The average molecular weight is 437 g/mol. The number of amidine groups is 1. The number of nitrogens with zero attached hydrogens (tertiary/aromatic N) is 3. The maximum absolute atomic E-state index is 13.5. The van der Waals surface area contributed by atoms with Crippen LogP contribution in [0.25, 0.3) is 0 Å². The minimum absolute atomic E-state index is 0.146. The molecule has 1 aromatic carbocycles. The van der Waals surface area contributed by atoms with Gasteiger partial charge in [0, 0.05) is 19.3 Å². The molecule has 0 radical (unpaired) electrons. The first kappa shape index (κ1) is 20.7. The molecule has 5 rings (SSSR count). The van der Waals surface area contributed by atoms with Gasteiger partial charge in [-0.25, -0.2) is 14.2 Å². The first-order valence-corrected chi connectivity index (χ1v) is 11.5. The highest BCUT2D eigenvalue weighted by atomic mass is 19.1. The molecule has 1 unspecified atom stereocenters. The lowest BCUT2D eigenvalue weighted by Crippen LogP contribution is -2.63. The molecule has 1 saturated heterocycles. The number of aliphatic imine (C=N–C) groups is 1. The quantitative estimate of drug-likeness (QED) is 0.675. The molecule has 8 heteroatoms. The second-order valence-electron chi connectivity index (χ2n) is 8.96. The van der Waals surface area contributed by atoms with Gasteiger partial charge in [-0.1, -0.05) is 25.0 Å². The van der Waals surface area contributed by atoms with E-state index in [1.54, 1.807) is 12.3 Å². The number of amides is 2. The highest BCUT2D eigenvalue weighted by Crippen LogP contribution is 2.36.